The van der Waals surface area contributed by atoms with Crippen molar-refractivity contribution in [2.75, 3.05) is 11.9 Å². The molecule has 1 atom stereocenters. The summed E-state index contributed by atoms with van der Waals surface area (Å²) in [4.78, 5) is 4.11. The van der Waals surface area contributed by atoms with Crippen molar-refractivity contribution in [3.05, 3.63) is 53.7 Å². The minimum Gasteiger partial charge on any atom is -0.508 e. The smallest absolute Gasteiger partial charge is 0.144 e. The van der Waals surface area contributed by atoms with Crippen molar-refractivity contribution in [3.8, 4) is 11.8 Å². The average Bonchev–Trinajstić information content (AvgIpc) is 2.49. The highest BCUT2D eigenvalue weighted by molar-refractivity contribution is 5.52. The minimum absolute atomic E-state index is 0.0810. The van der Waals surface area contributed by atoms with Crippen LogP contribution in [0.25, 0.3) is 0 Å². The summed E-state index contributed by atoms with van der Waals surface area (Å²) in [5.74, 6) is 0.673. The van der Waals surface area contributed by atoms with Crippen molar-refractivity contribution in [1.82, 2.24) is 4.98 Å². The third-order valence-electron chi connectivity index (χ3n) is 2.91. The summed E-state index contributed by atoms with van der Waals surface area (Å²) >= 11 is 0. The molecule has 2 aromatic rings. The summed E-state index contributed by atoms with van der Waals surface area (Å²) in [7, 11) is 0. The van der Waals surface area contributed by atoms with Crippen molar-refractivity contribution in [2.45, 2.75) is 12.5 Å². The van der Waals surface area contributed by atoms with Gasteiger partial charge in [-0.25, -0.2) is 4.98 Å². The molecule has 0 fully saturated rings. The number of hydrogen-bond donors (Lipinski definition) is 3. The Bertz CT molecular complexity index is 605. The fourth-order valence-corrected chi connectivity index (χ4v) is 1.88. The first kappa shape index (κ1) is 13.8. The Kier molecular flexibility index (Phi) is 4.53. The van der Waals surface area contributed by atoms with E-state index in [0.717, 1.165) is 5.56 Å². The molecule has 20 heavy (non-hydrogen) atoms. The standard InChI is InChI=1S/C15H15N3O2/c16-9-12-2-1-7-17-15(12)18-13(10-19)8-11-3-5-14(20)6-4-11/h1-7,13,19-20H,8,10H2,(H,17,18)/t13-/m0/s1. The SMILES string of the molecule is N#Cc1cccnc1N[C@H](CO)Cc1ccc(O)cc1. The second-order valence-corrected chi connectivity index (χ2v) is 4.41. The molecule has 5 heteroatoms. The molecule has 0 bridgehead atoms. The van der Waals surface area contributed by atoms with Crippen molar-refractivity contribution >= 4 is 5.82 Å². The minimum atomic E-state index is -0.249. The number of nitrogens with one attached hydrogen (secondary N) is 1. The van der Waals surface area contributed by atoms with Crippen LogP contribution in [0.2, 0.25) is 0 Å². The molecule has 5 nitrogen and oxygen atoms in total. The molecule has 0 aliphatic rings. The van der Waals surface area contributed by atoms with Gasteiger partial charge in [-0.2, -0.15) is 5.26 Å². The first-order chi connectivity index (χ1) is 9.72. The normalized spacial score (nSPS) is 11.6. The van der Waals surface area contributed by atoms with Crippen LogP contribution >= 0.6 is 0 Å². The zero-order valence-corrected chi connectivity index (χ0v) is 10.8. The second kappa shape index (κ2) is 6.55. The largest absolute Gasteiger partial charge is 0.508 e. The van der Waals surface area contributed by atoms with E-state index in [1.54, 1.807) is 42.6 Å². The molecule has 0 aliphatic heterocycles. The van der Waals surface area contributed by atoms with E-state index >= 15 is 0 Å². The Balaban J connectivity index is 2.09. The quantitative estimate of drug-likeness (QED) is 0.768. The number of phenolic OH excluding ortho intramolecular Hbond substituents is 1. The van der Waals surface area contributed by atoms with E-state index in [9.17, 15) is 10.2 Å². The summed E-state index contributed by atoms with van der Waals surface area (Å²) in [6.07, 6.45) is 2.16. The number of hydrogen-bond acceptors (Lipinski definition) is 5. The maximum Gasteiger partial charge on any atom is 0.144 e. The molecule has 0 saturated heterocycles. The summed E-state index contributed by atoms with van der Waals surface area (Å²) in [5.41, 5.74) is 1.42. The predicted octanol–water partition coefficient (Wildman–Crippen LogP) is 1.67. The monoisotopic (exact) mass is 269 g/mol. The van der Waals surface area contributed by atoms with Crippen LogP contribution in [0.15, 0.2) is 42.6 Å². The Labute approximate surface area is 117 Å². The molecule has 0 radical (unpaired) electrons. The van der Waals surface area contributed by atoms with Gasteiger partial charge in [0.25, 0.3) is 0 Å². The molecular weight excluding hydrogens is 254 g/mol. The molecule has 1 heterocycles. The highest BCUT2D eigenvalue weighted by Gasteiger charge is 2.11. The summed E-state index contributed by atoms with van der Waals surface area (Å²) < 4.78 is 0. The molecule has 0 unspecified atom stereocenters. The molecule has 3 N–H and O–H groups in total. The summed E-state index contributed by atoms with van der Waals surface area (Å²) in [6.45, 7) is -0.0810. The lowest BCUT2D eigenvalue weighted by Crippen LogP contribution is -2.27. The maximum absolute atomic E-state index is 9.44. The Morgan fingerprint density at radius 3 is 2.65 bits per heavy atom. The highest BCUT2D eigenvalue weighted by Crippen LogP contribution is 2.15. The van der Waals surface area contributed by atoms with Crippen molar-refractivity contribution in [1.29, 1.82) is 5.26 Å². The second-order valence-electron chi connectivity index (χ2n) is 4.41. The van der Waals surface area contributed by atoms with Crippen LogP contribution in [0.1, 0.15) is 11.1 Å². The van der Waals surface area contributed by atoms with E-state index in [2.05, 4.69) is 16.4 Å². The number of anilines is 1. The number of rotatable bonds is 5. The molecule has 0 aliphatic carbocycles. The number of benzene rings is 1. The summed E-state index contributed by atoms with van der Waals surface area (Å²) in [6, 6.07) is 12.0. The number of aromatic nitrogens is 1. The lowest BCUT2D eigenvalue weighted by Gasteiger charge is -2.17. The number of aliphatic hydroxyl groups excluding tert-OH is 1. The number of nitriles is 1. The van der Waals surface area contributed by atoms with Gasteiger partial charge in [-0.3, -0.25) is 0 Å². The third-order valence-corrected chi connectivity index (χ3v) is 2.91. The van der Waals surface area contributed by atoms with Gasteiger partial charge in [0.05, 0.1) is 18.2 Å². The van der Waals surface area contributed by atoms with Gasteiger partial charge in [-0.15, -0.1) is 0 Å². The van der Waals surface area contributed by atoms with E-state index < -0.39 is 0 Å². The van der Waals surface area contributed by atoms with Crippen LogP contribution in [0.3, 0.4) is 0 Å². The molecule has 2 rings (SSSR count). The third kappa shape index (κ3) is 3.46. The molecule has 102 valence electrons. The van der Waals surface area contributed by atoms with Crippen LogP contribution in [0.4, 0.5) is 5.82 Å². The molecule has 1 aromatic carbocycles. The fourth-order valence-electron chi connectivity index (χ4n) is 1.88. The van der Waals surface area contributed by atoms with Crippen LogP contribution in [-0.4, -0.2) is 27.8 Å². The van der Waals surface area contributed by atoms with Crippen LogP contribution in [-0.2, 0) is 6.42 Å². The Hall–Kier alpha value is -2.58. The zero-order valence-electron chi connectivity index (χ0n) is 10.8. The van der Waals surface area contributed by atoms with Crippen molar-refractivity contribution in [3.63, 3.8) is 0 Å². The van der Waals surface area contributed by atoms with Gasteiger partial charge in [0, 0.05) is 6.20 Å². The van der Waals surface area contributed by atoms with Gasteiger partial charge in [0.2, 0.25) is 0 Å². The molecule has 0 spiro atoms. The van der Waals surface area contributed by atoms with Gasteiger partial charge in [0.15, 0.2) is 0 Å². The van der Waals surface area contributed by atoms with Crippen LogP contribution in [0, 0.1) is 11.3 Å². The van der Waals surface area contributed by atoms with E-state index in [0.29, 0.717) is 17.8 Å². The summed E-state index contributed by atoms with van der Waals surface area (Å²) in [5, 5.41) is 30.8. The Morgan fingerprint density at radius 2 is 2.00 bits per heavy atom. The molecule has 0 amide bonds. The van der Waals surface area contributed by atoms with E-state index in [1.165, 1.54) is 0 Å². The fraction of sp³-hybridized carbons (Fsp3) is 0.200. The van der Waals surface area contributed by atoms with E-state index in [-0.39, 0.29) is 18.4 Å². The van der Waals surface area contributed by atoms with Crippen molar-refractivity contribution < 1.29 is 10.2 Å². The number of pyridine rings is 1. The number of aromatic hydroxyl groups is 1. The lowest BCUT2D eigenvalue weighted by atomic mass is 10.1. The van der Waals surface area contributed by atoms with Gasteiger partial charge < -0.3 is 15.5 Å². The zero-order chi connectivity index (χ0) is 14.4. The Morgan fingerprint density at radius 1 is 1.25 bits per heavy atom. The number of phenols is 1. The molecular formula is C15H15N3O2. The highest BCUT2D eigenvalue weighted by atomic mass is 16.3. The van der Waals surface area contributed by atoms with Gasteiger partial charge in [-0.1, -0.05) is 12.1 Å². The first-order valence-electron chi connectivity index (χ1n) is 6.23. The topological polar surface area (TPSA) is 89.2 Å². The van der Waals surface area contributed by atoms with Crippen LogP contribution < -0.4 is 5.32 Å². The lowest BCUT2D eigenvalue weighted by molar-refractivity contribution is 0.273. The van der Waals surface area contributed by atoms with Crippen molar-refractivity contribution in [2.24, 2.45) is 0 Å². The van der Waals surface area contributed by atoms with Gasteiger partial charge >= 0.3 is 0 Å². The predicted molar refractivity (Wildman–Crippen MR) is 75.3 cm³/mol. The number of aliphatic hydroxyl groups is 1. The maximum atomic E-state index is 9.44. The molecule has 1 aromatic heterocycles. The van der Waals surface area contributed by atoms with E-state index in [4.69, 9.17) is 5.26 Å². The first-order valence-corrected chi connectivity index (χ1v) is 6.23. The number of nitrogens with zero attached hydrogens (tertiary/aromatic N) is 2. The van der Waals surface area contributed by atoms with Gasteiger partial charge in [-0.05, 0) is 36.2 Å². The van der Waals surface area contributed by atoms with Crippen LogP contribution in [0.5, 0.6) is 5.75 Å². The van der Waals surface area contributed by atoms with Gasteiger partial charge in [0.1, 0.15) is 17.6 Å². The average molecular weight is 269 g/mol. The molecule has 0 saturated carbocycles. The van der Waals surface area contributed by atoms with E-state index in [1.807, 2.05) is 0 Å².